The van der Waals surface area contributed by atoms with Crippen molar-refractivity contribution >= 4 is 29.0 Å². The molecule has 134 valence electrons. The highest BCUT2D eigenvalue weighted by Gasteiger charge is 2.39. The van der Waals surface area contributed by atoms with Gasteiger partial charge in [-0.25, -0.2) is 9.59 Å². The lowest BCUT2D eigenvalue weighted by Crippen LogP contribution is -2.29. The molecule has 1 heterocycles. The van der Waals surface area contributed by atoms with Crippen molar-refractivity contribution < 1.29 is 24.2 Å². The average molecular weight is 355 g/mol. The first-order valence-electron chi connectivity index (χ1n) is 8.06. The number of nitrogen functional groups attached to an aromatic ring is 1. The molecule has 1 aromatic heterocycles. The number of esters is 2. The van der Waals surface area contributed by atoms with Crippen molar-refractivity contribution in [2.75, 3.05) is 12.8 Å². The van der Waals surface area contributed by atoms with Crippen molar-refractivity contribution in [3.05, 3.63) is 15.3 Å². The first kappa shape index (κ1) is 18.7. The molecule has 0 radical (unpaired) electrons. The lowest BCUT2D eigenvalue weighted by atomic mass is 9.83. The summed E-state index contributed by atoms with van der Waals surface area (Å²) < 4.78 is 10.1. The molecular weight excluding hydrogens is 330 g/mol. The Hall–Kier alpha value is -1.60. The third-order valence-electron chi connectivity index (χ3n) is 4.02. The molecule has 24 heavy (non-hydrogen) atoms. The third-order valence-corrected chi connectivity index (χ3v) is 5.40. The molecule has 0 spiro atoms. The van der Waals surface area contributed by atoms with Crippen LogP contribution in [0.15, 0.2) is 0 Å². The van der Waals surface area contributed by atoms with Crippen LogP contribution in [0.2, 0.25) is 0 Å². The Kier molecular flexibility index (Phi) is 5.25. The zero-order valence-corrected chi connectivity index (χ0v) is 15.4. The normalized spacial score (nSPS) is 17.4. The highest BCUT2D eigenvalue weighted by atomic mass is 32.1. The molecule has 0 amide bonds. The lowest BCUT2D eigenvalue weighted by molar-refractivity contribution is 0.00313. The number of carbonyl (C=O) groups excluding carboxylic acids is 2. The first-order valence-corrected chi connectivity index (χ1v) is 8.87. The maximum atomic E-state index is 12.5. The minimum absolute atomic E-state index is 0.00391. The third kappa shape index (κ3) is 3.72. The molecule has 0 aliphatic heterocycles. The Labute approximate surface area is 145 Å². The molecule has 7 heteroatoms. The summed E-state index contributed by atoms with van der Waals surface area (Å²) >= 11 is 1.03. The van der Waals surface area contributed by atoms with Gasteiger partial charge in [-0.2, -0.15) is 0 Å². The first-order chi connectivity index (χ1) is 11.1. The monoisotopic (exact) mass is 355 g/mol. The van der Waals surface area contributed by atoms with Crippen molar-refractivity contribution in [3.8, 4) is 0 Å². The van der Waals surface area contributed by atoms with Gasteiger partial charge in [0.25, 0.3) is 0 Å². The molecule has 0 saturated heterocycles. The van der Waals surface area contributed by atoms with E-state index in [0.717, 1.165) is 30.6 Å². The number of thiophene rings is 1. The summed E-state index contributed by atoms with van der Waals surface area (Å²) in [6, 6.07) is 0. The fourth-order valence-corrected chi connectivity index (χ4v) is 4.19. The summed E-state index contributed by atoms with van der Waals surface area (Å²) in [6.45, 7) is 5.21. The summed E-state index contributed by atoms with van der Waals surface area (Å²) in [6.07, 6.45) is 3.93. The van der Waals surface area contributed by atoms with Crippen molar-refractivity contribution in [1.29, 1.82) is 0 Å². The summed E-state index contributed by atoms with van der Waals surface area (Å²) in [7, 11) is 1.24. The predicted octanol–water partition coefficient (Wildman–Crippen LogP) is 3.22. The van der Waals surface area contributed by atoms with Crippen LogP contribution >= 0.6 is 11.3 Å². The number of hydrogen-bond donors (Lipinski definition) is 2. The summed E-state index contributed by atoms with van der Waals surface area (Å²) in [5.74, 6) is -1.33. The molecule has 1 fully saturated rings. The molecule has 0 atom stereocenters. The molecule has 1 aromatic rings. The molecule has 3 N–H and O–H groups in total. The zero-order valence-electron chi connectivity index (χ0n) is 14.6. The van der Waals surface area contributed by atoms with Gasteiger partial charge in [-0.1, -0.05) is 19.3 Å². The van der Waals surface area contributed by atoms with Crippen molar-refractivity contribution in [2.24, 2.45) is 0 Å². The van der Waals surface area contributed by atoms with Crippen LogP contribution in [0.25, 0.3) is 0 Å². The van der Waals surface area contributed by atoms with E-state index in [4.69, 9.17) is 15.2 Å². The van der Waals surface area contributed by atoms with Gasteiger partial charge in [0.05, 0.1) is 17.7 Å². The number of aliphatic hydroxyl groups is 1. The summed E-state index contributed by atoms with van der Waals surface area (Å²) in [5, 5.41) is 11.0. The Morgan fingerprint density at radius 1 is 1.17 bits per heavy atom. The quantitative estimate of drug-likeness (QED) is 0.808. The number of nitrogens with two attached hydrogens (primary N) is 1. The van der Waals surface area contributed by atoms with Crippen molar-refractivity contribution in [2.45, 2.75) is 64.1 Å². The minimum atomic E-state index is -1.10. The summed E-state index contributed by atoms with van der Waals surface area (Å²) in [4.78, 5) is 25.2. The molecule has 0 bridgehead atoms. The van der Waals surface area contributed by atoms with Crippen molar-refractivity contribution in [3.63, 3.8) is 0 Å². The molecule has 2 rings (SSSR count). The number of carbonyl (C=O) groups is 2. The highest BCUT2D eigenvalue weighted by molar-refractivity contribution is 7.15. The van der Waals surface area contributed by atoms with Gasteiger partial charge < -0.3 is 20.3 Å². The van der Waals surface area contributed by atoms with Gasteiger partial charge in [0, 0.05) is 0 Å². The van der Waals surface area contributed by atoms with E-state index in [1.165, 1.54) is 7.11 Å². The topological polar surface area (TPSA) is 98.9 Å². The lowest BCUT2D eigenvalue weighted by Gasteiger charge is -2.31. The molecule has 1 aliphatic rings. The fourth-order valence-electron chi connectivity index (χ4n) is 2.92. The number of ether oxygens (including phenoxy) is 2. The Morgan fingerprint density at radius 2 is 1.75 bits per heavy atom. The number of hydrogen-bond acceptors (Lipinski definition) is 7. The van der Waals surface area contributed by atoms with Gasteiger partial charge in [0.2, 0.25) is 0 Å². The van der Waals surface area contributed by atoms with Crippen LogP contribution in [0.4, 0.5) is 5.69 Å². The number of methoxy groups -OCH3 is 1. The van der Waals surface area contributed by atoms with Crippen LogP contribution in [0, 0.1) is 0 Å². The second-order valence-corrected chi connectivity index (χ2v) is 8.16. The smallest absolute Gasteiger partial charge is 0.349 e. The zero-order chi connectivity index (χ0) is 18.1. The molecule has 0 aromatic carbocycles. The van der Waals surface area contributed by atoms with Crippen LogP contribution in [0.5, 0.6) is 0 Å². The Morgan fingerprint density at radius 3 is 2.25 bits per heavy atom. The highest BCUT2D eigenvalue weighted by Crippen LogP contribution is 2.46. The average Bonchev–Trinajstić information content (AvgIpc) is 2.84. The van der Waals surface area contributed by atoms with Gasteiger partial charge >= 0.3 is 11.9 Å². The summed E-state index contributed by atoms with van der Waals surface area (Å²) in [5.41, 5.74) is 4.47. The molecule has 1 saturated carbocycles. The maximum absolute atomic E-state index is 12.5. The molecule has 1 aliphatic carbocycles. The minimum Gasteiger partial charge on any atom is -0.465 e. The van der Waals surface area contributed by atoms with Crippen LogP contribution in [-0.2, 0) is 15.1 Å². The SMILES string of the molecule is COC(=O)c1sc(C2(O)CCCCC2)c(N)c1C(=O)OC(C)(C)C. The van der Waals surface area contributed by atoms with E-state index in [2.05, 4.69) is 0 Å². The van der Waals surface area contributed by atoms with Crippen LogP contribution in [-0.4, -0.2) is 29.8 Å². The molecular formula is C17H25NO5S. The predicted molar refractivity (Wildman–Crippen MR) is 92.2 cm³/mol. The van der Waals surface area contributed by atoms with Crippen molar-refractivity contribution in [1.82, 2.24) is 0 Å². The van der Waals surface area contributed by atoms with Crippen LogP contribution < -0.4 is 5.73 Å². The maximum Gasteiger partial charge on any atom is 0.349 e. The molecule has 6 nitrogen and oxygen atoms in total. The van der Waals surface area contributed by atoms with E-state index < -0.39 is 23.1 Å². The van der Waals surface area contributed by atoms with Crippen LogP contribution in [0.1, 0.15) is 77.8 Å². The largest absolute Gasteiger partial charge is 0.465 e. The Bertz CT molecular complexity index is 638. The number of rotatable bonds is 3. The van der Waals surface area contributed by atoms with E-state index in [9.17, 15) is 14.7 Å². The molecule has 0 unspecified atom stereocenters. The van der Waals surface area contributed by atoms with E-state index >= 15 is 0 Å². The van der Waals surface area contributed by atoms with E-state index in [-0.39, 0.29) is 16.1 Å². The Balaban J connectivity index is 2.52. The fraction of sp³-hybridized carbons (Fsp3) is 0.647. The van der Waals surface area contributed by atoms with Gasteiger partial charge in [0.15, 0.2) is 0 Å². The van der Waals surface area contributed by atoms with Crippen LogP contribution in [0.3, 0.4) is 0 Å². The second-order valence-electron chi connectivity index (χ2n) is 7.13. The van der Waals surface area contributed by atoms with Gasteiger partial charge in [-0.05, 0) is 33.6 Å². The van der Waals surface area contributed by atoms with Gasteiger partial charge in [0.1, 0.15) is 21.6 Å². The second kappa shape index (κ2) is 6.72. The van der Waals surface area contributed by atoms with Gasteiger partial charge in [-0.3, -0.25) is 0 Å². The standard InChI is InChI=1S/C17H25NO5S/c1-16(2,3)23-14(19)10-11(18)13(24-12(10)15(20)22-4)17(21)8-6-5-7-9-17/h21H,5-9,18H2,1-4H3. The van der Waals surface area contributed by atoms with E-state index in [0.29, 0.717) is 17.7 Å². The van der Waals surface area contributed by atoms with E-state index in [1.54, 1.807) is 20.8 Å². The van der Waals surface area contributed by atoms with E-state index in [1.807, 2.05) is 0 Å². The number of anilines is 1. The van der Waals surface area contributed by atoms with Gasteiger partial charge in [-0.15, -0.1) is 11.3 Å².